The molecule has 0 saturated carbocycles. The summed E-state index contributed by atoms with van der Waals surface area (Å²) in [5.41, 5.74) is 2.19. The van der Waals surface area contributed by atoms with Crippen molar-refractivity contribution < 1.29 is 0 Å². The highest BCUT2D eigenvalue weighted by atomic mass is 79.9. The summed E-state index contributed by atoms with van der Waals surface area (Å²) < 4.78 is 0.811. The lowest BCUT2D eigenvalue weighted by molar-refractivity contribution is 0.900. The fourth-order valence-electron chi connectivity index (χ4n) is 2.11. The van der Waals surface area contributed by atoms with Crippen LogP contribution in [0.3, 0.4) is 0 Å². The molecule has 1 unspecified atom stereocenters. The van der Waals surface area contributed by atoms with Crippen molar-refractivity contribution in [2.24, 2.45) is 0 Å². The van der Waals surface area contributed by atoms with Crippen LogP contribution in [0.1, 0.15) is 11.6 Å². The van der Waals surface area contributed by atoms with E-state index in [-0.39, 0.29) is 6.04 Å². The van der Waals surface area contributed by atoms with Gasteiger partial charge in [-0.25, -0.2) is 0 Å². The van der Waals surface area contributed by atoms with E-state index in [2.05, 4.69) is 45.5 Å². The zero-order chi connectivity index (χ0) is 13.4. The molecular formula is C14H10BrCl2NS. The summed E-state index contributed by atoms with van der Waals surface area (Å²) in [6, 6.07) is 12.6. The monoisotopic (exact) mass is 373 g/mol. The molecule has 0 bridgehead atoms. The molecule has 0 aliphatic carbocycles. The van der Waals surface area contributed by atoms with Gasteiger partial charge in [0.25, 0.3) is 0 Å². The van der Waals surface area contributed by atoms with Gasteiger partial charge in [-0.15, -0.1) is 11.8 Å². The molecule has 0 aromatic heterocycles. The molecule has 1 aliphatic rings. The summed E-state index contributed by atoms with van der Waals surface area (Å²) in [4.78, 5) is 1.33. The van der Waals surface area contributed by atoms with E-state index in [0.717, 1.165) is 15.9 Å². The van der Waals surface area contributed by atoms with Crippen LogP contribution >= 0.6 is 50.9 Å². The fraction of sp³-hybridized carbons (Fsp3) is 0.143. The summed E-state index contributed by atoms with van der Waals surface area (Å²) in [6.07, 6.45) is 0. The largest absolute Gasteiger partial charge is 0.376 e. The maximum Gasteiger partial charge on any atom is 0.0835 e. The topological polar surface area (TPSA) is 12.0 Å². The van der Waals surface area contributed by atoms with E-state index < -0.39 is 0 Å². The summed E-state index contributed by atoms with van der Waals surface area (Å²) in [5, 5.41) is 4.58. The molecule has 0 spiro atoms. The second-order valence-electron chi connectivity index (χ2n) is 4.27. The van der Waals surface area contributed by atoms with E-state index in [9.17, 15) is 0 Å². The summed E-state index contributed by atoms with van der Waals surface area (Å²) in [5.74, 6) is 1.00. The van der Waals surface area contributed by atoms with E-state index >= 15 is 0 Å². The molecule has 19 heavy (non-hydrogen) atoms. The smallest absolute Gasteiger partial charge is 0.0835 e. The van der Waals surface area contributed by atoms with Crippen LogP contribution in [0.25, 0.3) is 0 Å². The first-order valence-corrected chi connectivity index (χ1v) is 8.32. The maximum atomic E-state index is 6.27. The number of hydrogen-bond donors (Lipinski definition) is 1. The third kappa shape index (κ3) is 2.62. The van der Waals surface area contributed by atoms with E-state index in [1.165, 1.54) is 10.5 Å². The molecule has 98 valence electrons. The molecule has 1 nitrogen and oxygen atoms in total. The van der Waals surface area contributed by atoms with E-state index in [4.69, 9.17) is 23.2 Å². The van der Waals surface area contributed by atoms with Crippen LogP contribution in [0, 0.1) is 0 Å². The van der Waals surface area contributed by atoms with Gasteiger partial charge in [0.05, 0.1) is 21.8 Å². The third-order valence-corrected chi connectivity index (χ3v) is 6.02. The van der Waals surface area contributed by atoms with E-state index in [1.54, 1.807) is 0 Å². The quantitative estimate of drug-likeness (QED) is 0.645. The van der Waals surface area contributed by atoms with Crippen molar-refractivity contribution >= 4 is 56.6 Å². The van der Waals surface area contributed by atoms with Crippen molar-refractivity contribution in [1.82, 2.24) is 0 Å². The normalized spacial score (nSPS) is 17.3. The molecule has 5 heteroatoms. The molecule has 1 aliphatic heterocycles. The lowest BCUT2D eigenvalue weighted by Crippen LogP contribution is -2.10. The SMILES string of the molecule is Clc1c(Br)ccc(NC2CSc3ccccc32)c1Cl. The predicted molar refractivity (Wildman–Crippen MR) is 87.7 cm³/mol. The Morgan fingerprint density at radius 1 is 1.11 bits per heavy atom. The number of fused-ring (bicyclic) bond motifs is 1. The van der Waals surface area contributed by atoms with Crippen LogP contribution in [0.2, 0.25) is 10.0 Å². The van der Waals surface area contributed by atoms with Crippen LogP contribution in [-0.4, -0.2) is 5.75 Å². The Labute approximate surface area is 134 Å². The van der Waals surface area contributed by atoms with Crippen LogP contribution in [0.5, 0.6) is 0 Å². The summed E-state index contributed by atoms with van der Waals surface area (Å²) >= 11 is 17.6. The molecule has 1 heterocycles. The maximum absolute atomic E-state index is 6.27. The van der Waals surface area contributed by atoms with Gasteiger partial charge in [0, 0.05) is 15.1 Å². The van der Waals surface area contributed by atoms with Crippen molar-refractivity contribution in [1.29, 1.82) is 0 Å². The molecule has 0 fully saturated rings. The Kier molecular flexibility index (Phi) is 3.99. The Bertz CT molecular complexity index is 633. The van der Waals surface area contributed by atoms with Gasteiger partial charge in [0.15, 0.2) is 0 Å². The van der Waals surface area contributed by atoms with Crippen LogP contribution in [0.4, 0.5) is 5.69 Å². The number of anilines is 1. The van der Waals surface area contributed by atoms with E-state index in [1.807, 2.05) is 23.9 Å². The first-order valence-electron chi connectivity index (χ1n) is 5.78. The Balaban J connectivity index is 1.90. The lowest BCUT2D eigenvalue weighted by atomic mass is 10.1. The minimum atomic E-state index is 0.274. The standard InChI is InChI=1S/C14H10BrCl2NS/c15-9-5-6-10(14(17)13(9)16)18-11-7-19-12-4-2-1-3-8(11)12/h1-6,11,18H,7H2. The zero-order valence-corrected chi connectivity index (χ0v) is 13.7. The van der Waals surface area contributed by atoms with Crippen LogP contribution in [0.15, 0.2) is 45.8 Å². The predicted octanol–water partition coefficient (Wildman–Crippen LogP) is 6.01. The molecule has 0 amide bonds. The number of benzene rings is 2. The highest BCUT2D eigenvalue weighted by Crippen LogP contribution is 2.42. The number of hydrogen-bond acceptors (Lipinski definition) is 2. The summed E-state index contributed by atoms with van der Waals surface area (Å²) in [7, 11) is 0. The van der Waals surface area contributed by atoms with Crippen molar-refractivity contribution in [3.05, 3.63) is 56.5 Å². The van der Waals surface area contributed by atoms with Crippen molar-refractivity contribution in [2.75, 3.05) is 11.1 Å². The molecule has 0 radical (unpaired) electrons. The van der Waals surface area contributed by atoms with Gasteiger partial charge in [-0.1, -0.05) is 41.4 Å². The Morgan fingerprint density at radius 2 is 1.89 bits per heavy atom. The average molecular weight is 375 g/mol. The first kappa shape index (κ1) is 13.6. The van der Waals surface area contributed by atoms with Gasteiger partial charge in [0.2, 0.25) is 0 Å². The van der Waals surface area contributed by atoms with Gasteiger partial charge in [-0.2, -0.15) is 0 Å². The Hall–Kier alpha value is -0.350. The zero-order valence-electron chi connectivity index (χ0n) is 9.79. The van der Waals surface area contributed by atoms with Crippen molar-refractivity contribution in [3.8, 4) is 0 Å². The fourth-order valence-corrected chi connectivity index (χ4v) is 4.10. The number of halogens is 3. The van der Waals surface area contributed by atoms with Crippen molar-refractivity contribution in [3.63, 3.8) is 0 Å². The summed E-state index contributed by atoms with van der Waals surface area (Å²) in [6.45, 7) is 0. The molecule has 0 saturated heterocycles. The average Bonchev–Trinajstić information content (AvgIpc) is 2.83. The second-order valence-corrected chi connectivity index (χ2v) is 6.94. The third-order valence-electron chi connectivity index (χ3n) is 3.06. The van der Waals surface area contributed by atoms with Gasteiger partial charge >= 0.3 is 0 Å². The molecular weight excluding hydrogens is 365 g/mol. The van der Waals surface area contributed by atoms with Crippen LogP contribution < -0.4 is 5.32 Å². The highest BCUT2D eigenvalue weighted by molar-refractivity contribution is 9.10. The Morgan fingerprint density at radius 3 is 2.74 bits per heavy atom. The minimum absolute atomic E-state index is 0.274. The highest BCUT2D eigenvalue weighted by Gasteiger charge is 2.23. The minimum Gasteiger partial charge on any atom is -0.376 e. The molecule has 2 aromatic rings. The first-order chi connectivity index (χ1) is 9.16. The number of nitrogens with one attached hydrogen (secondary N) is 1. The second kappa shape index (κ2) is 5.57. The van der Waals surface area contributed by atoms with Gasteiger partial charge < -0.3 is 5.32 Å². The molecule has 2 aromatic carbocycles. The number of thioether (sulfide) groups is 1. The number of rotatable bonds is 2. The van der Waals surface area contributed by atoms with Crippen LogP contribution in [-0.2, 0) is 0 Å². The molecule has 1 atom stereocenters. The molecule has 3 rings (SSSR count). The van der Waals surface area contributed by atoms with E-state index in [0.29, 0.717) is 10.0 Å². The van der Waals surface area contributed by atoms with Crippen molar-refractivity contribution in [2.45, 2.75) is 10.9 Å². The van der Waals surface area contributed by atoms with Gasteiger partial charge in [0.1, 0.15) is 0 Å². The van der Waals surface area contributed by atoms with Gasteiger partial charge in [-0.05, 0) is 39.7 Å². The molecule has 1 N–H and O–H groups in total. The lowest BCUT2D eigenvalue weighted by Gasteiger charge is -2.17. The van der Waals surface area contributed by atoms with Gasteiger partial charge in [-0.3, -0.25) is 0 Å².